The average molecular weight is 538 g/mol. The fourth-order valence-corrected chi connectivity index (χ4v) is 7.33. The van der Waals surface area contributed by atoms with Gasteiger partial charge in [-0.3, -0.25) is 0 Å². The highest BCUT2D eigenvalue weighted by molar-refractivity contribution is 7.66. The zero-order valence-corrected chi connectivity index (χ0v) is 26.3. The number of unbranched alkanes of at least 4 members (excludes halogenated alkanes) is 6. The molecule has 0 aliphatic heterocycles. The number of hydrogen-bond donors (Lipinski definition) is 3. The molecule has 0 bridgehead atoms. The van der Waals surface area contributed by atoms with E-state index in [-0.39, 0.29) is 5.92 Å². The molecule has 0 fully saturated rings. The molecule has 0 aliphatic rings. The Morgan fingerprint density at radius 3 is 1.30 bits per heavy atom. The van der Waals surface area contributed by atoms with Crippen molar-refractivity contribution in [2.24, 2.45) is 0 Å². The molecule has 0 saturated heterocycles. The van der Waals surface area contributed by atoms with Gasteiger partial charge in [0.1, 0.15) is 0 Å². The van der Waals surface area contributed by atoms with Crippen LogP contribution >= 0.6 is 7.94 Å². The lowest BCUT2D eigenvalue weighted by molar-refractivity contribution is 0.346. The van der Waals surface area contributed by atoms with Crippen molar-refractivity contribution in [1.29, 1.82) is 0 Å². The molecule has 3 unspecified atom stereocenters. The van der Waals surface area contributed by atoms with E-state index in [1.54, 1.807) is 0 Å². The lowest BCUT2D eigenvalue weighted by Gasteiger charge is -2.32. The molecular weight excluding hydrogens is 475 g/mol. The van der Waals surface area contributed by atoms with Crippen LogP contribution in [0.3, 0.4) is 0 Å². The third-order valence-corrected chi connectivity index (χ3v) is 9.29. The van der Waals surface area contributed by atoms with Crippen molar-refractivity contribution < 1.29 is 14.7 Å². The molecule has 0 aromatic heterocycles. The van der Waals surface area contributed by atoms with Crippen LogP contribution in [0.15, 0.2) is 12.1 Å². The molecule has 1 aromatic carbocycles. The maximum atomic E-state index is 10.7. The first-order chi connectivity index (χ1) is 17.8. The van der Waals surface area contributed by atoms with Gasteiger partial charge in [-0.25, -0.2) is 0 Å². The summed E-state index contributed by atoms with van der Waals surface area (Å²) in [6, 6.07) is 4.09. The van der Waals surface area contributed by atoms with E-state index in [1.807, 2.05) is 6.07 Å². The smallest absolute Gasteiger partial charge is 0.189 e. The van der Waals surface area contributed by atoms with Gasteiger partial charge in [0.2, 0.25) is 0 Å². The highest BCUT2D eigenvalue weighted by Gasteiger charge is 2.42. The molecule has 3 atom stereocenters. The van der Waals surface area contributed by atoms with Crippen LogP contribution < -0.4 is 5.30 Å². The van der Waals surface area contributed by atoms with E-state index >= 15 is 0 Å². The Bertz CT molecular complexity index is 712. The first kappa shape index (κ1) is 34.6. The molecule has 4 heteroatoms. The van der Waals surface area contributed by atoms with E-state index < -0.39 is 7.94 Å². The first-order valence-electron chi connectivity index (χ1n) is 16.0. The van der Waals surface area contributed by atoms with Crippen LogP contribution in [0.5, 0.6) is 0 Å². The lowest BCUT2D eigenvalue weighted by atomic mass is 9.74. The lowest BCUT2D eigenvalue weighted by Crippen LogP contribution is -2.25. The zero-order chi connectivity index (χ0) is 27.7. The maximum Gasteiger partial charge on any atom is 0.441 e. The quantitative estimate of drug-likeness (QED) is 0.102. The van der Waals surface area contributed by atoms with Crippen molar-refractivity contribution >= 4 is 13.2 Å². The van der Waals surface area contributed by atoms with E-state index in [0.717, 1.165) is 56.9 Å². The fraction of sp³-hybridized carbons (Fsp3) is 0.818. The monoisotopic (exact) mass is 537 g/mol. The van der Waals surface area contributed by atoms with Crippen molar-refractivity contribution in [1.82, 2.24) is 0 Å². The molecule has 3 N–H and O–H groups in total. The minimum Gasteiger partial charge on any atom is -0.189 e. The molecule has 0 aliphatic carbocycles. The largest absolute Gasteiger partial charge is 0.441 e. The summed E-state index contributed by atoms with van der Waals surface area (Å²) in [6.07, 6.45) is 21.1. The van der Waals surface area contributed by atoms with Crippen LogP contribution in [0.4, 0.5) is 0 Å². The van der Waals surface area contributed by atoms with Crippen LogP contribution in [0, 0.1) is 0 Å². The number of benzene rings is 1. The van der Waals surface area contributed by atoms with Gasteiger partial charge in [-0.1, -0.05) is 125 Å². The van der Waals surface area contributed by atoms with Gasteiger partial charge in [-0.05, 0) is 73.5 Å². The van der Waals surface area contributed by atoms with Gasteiger partial charge in [0, 0.05) is 5.56 Å². The Hall–Kier alpha value is -0.470. The maximum absolute atomic E-state index is 10.7. The van der Waals surface area contributed by atoms with E-state index in [1.165, 1.54) is 75.3 Å². The Kier molecular flexibility index (Phi) is 18.3. The Morgan fingerprint density at radius 1 is 0.486 bits per heavy atom. The SMILES string of the molecule is CCCCCC(CCC)c1ccc([P+](O)(O)O)c(C(CCC)CCCCC)c1C(CCC)CCCCC. The summed E-state index contributed by atoms with van der Waals surface area (Å²) in [6.45, 7) is 13.6. The van der Waals surface area contributed by atoms with Crippen molar-refractivity contribution in [3.8, 4) is 0 Å². The van der Waals surface area contributed by atoms with Gasteiger partial charge in [0.05, 0.1) is 0 Å². The number of hydrogen-bond acceptors (Lipinski definition) is 3. The third-order valence-electron chi connectivity index (χ3n) is 8.26. The Morgan fingerprint density at radius 2 is 0.892 bits per heavy atom. The molecular formula is C33H62O3P+. The predicted molar refractivity (Wildman–Crippen MR) is 165 cm³/mol. The summed E-state index contributed by atoms with van der Waals surface area (Å²) >= 11 is 0. The second-order valence-corrected chi connectivity index (χ2v) is 13.1. The first-order valence-corrected chi connectivity index (χ1v) is 17.7. The summed E-state index contributed by atoms with van der Waals surface area (Å²) in [5.74, 6) is 1.20. The van der Waals surface area contributed by atoms with Gasteiger partial charge in [0.15, 0.2) is 5.30 Å². The second-order valence-electron chi connectivity index (χ2n) is 11.5. The Labute approximate surface area is 231 Å². The molecule has 0 spiro atoms. The molecule has 37 heavy (non-hydrogen) atoms. The summed E-state index contributed by atoms with van der Waals surface area (Å²) in [7, 11) is -4.13. The molecule has 0 saturated carbocycles. The van der Waals surface area contributed by atoms with E-state index in [9.17, 15) is 14.7 Å². The molecule has 0 heterocycles. The van der Waals surface area contributed by atoms with E-state index in [2.05, 4.69) is 47.6 Å². The molecule has 1 aromatic rings. The minimum atomic E-state index is -4.13. The van der Waals surface area contributed by atoms with Gasteiger partial charge in [0.25, 0.3) is 0 Å². The van der Waals surface area contributed by atoms with Crippen LogP contribution in [-0.4, -0.2) is 14.7 Å². The standard InChI is InChI=1S/C33H62O3P/c1-7-13-16-22-27(19-10-4)30-25-26-31(37(34,35)36)33(29(21-12-6)24-18-15-9-3)32(30)28(20-11-5)23-17-14-8-2/h25-29,34-36H,7-24H2,1-6H3/q+1. The fourth-order valence-electron chi connectivity index (χ4n) is 6.43. The Balaban J connectivity index is 3.90. The molecule has 0 radical (unpaired) electrons. The summed E-state index contributed by atoms with van der Waals surface area (Å²) < 4.78 is 0. The number of rotatable bonds is 22. The van der Waals surface area contributed by atoms with Gasteiger partial charge < -0.3 is 0 Å². The van der Waals surface area contributed by atoms with Crippen molar-refractivity contribution in [3.63, 3.8) is 0 Å². The molecule has 0 amide bonds. The van der Waals surface area contributed by atoms with Crippen molar-refractivity contribution in [2.45, 2.75) is 175 Å². The molecule has 216 valence electrons. The van der Waals surface area contributed by atoms with Crippen molar-refractivity contribution in [2.75, 3.05) is 0 Å². The summed E-state index contributed by atoms with van der Waals surface area (Å²) in [4.78, 5) is 32.2. The highest BCUT2D eigenvalue weighted by atomic mass is 31.2. The van der Waals surface area contributed by atoms with Crippen LogP contribution in [0.2, 0.25) is 0 Å². The molecule has 1 rings (SSSR count). The normalized spacial score (nSPS) is 14.6. The third kappa shape index (κ3) is 11.7. The topological polar surface area (TPSA) is 60.7 Å². The van der Waals surface area contributed by atoms with E-state index in [4.69, 9.17) is 0 Å². The van der Waals surface area contributed by atoms with Crippen LogP contribution in [0.25, 0.3) is 0 Å². The summed E-state index contributed by atoms with van der Waals surface area (Å²) in [5, 5.41) is 0.446. The minimum absolute atomic E-state index is 0.274. The summed E-state index contributed by atoms with van der Waals surface area (Å²) in [5.41, 5.74) is 3.99. The average Bonchev–Trinajstić information content (AvgIpc) is 2.86. The highest BCUT2D eigenvalue weighted by Crippen LogP contribution is 2.50. The van der Waals surface area contributed by atoms with Gasteiger partial charge in [-0.15, -0.1) is 0 Å². The van der Waals surface area contributed by atoms with Gasteiger partial charge in [-0.2, -0.15) is 14.7 Å². The second kappa shape index (κ2) is 19.6. The van der Waals surface area contributed by atoms with Crippen molar-refractivity contribution in [3.05, 3.63) is 28.8 Å². The zero-order valence-electron chi connectivity index (χ0n) is 25.4. The van der Waals surface area contributed by atoms with E-state index in [0.29, 0.717) is 17.1 Å². The van der Waals surface area contributed by atoms with Crippen LogP contribution in [-0.2, 0) is 0 Å². The van der Waals surface area contributed by atoms with Gasteiger partial charge >= 0.3 is 7.94 Å². The molecule has 3 nitrogen and oxygen atoms in total. The van der Waals surface area contributed by atoms with Crippen LogP contribution in [0.1, 0.15) is 192 Å². The predicted octanol–water partition coefficient (Wildman–Crippen LogP) is 10.4.